The Bertz CT molecular complexity index is 841. The molecule has 0 aliphatic carbocycles. The molecule has 2 rings (SSSR count). The highest BCUT2D eigenvalue weighted by Crippen LogP contribution is 2.32. The third-order valence-corrected chi connectivity index (χ3v) is 6.13. The molecule has 36 heavy (non-hydrogen) atoms. The maximum Gasteiger partial charge on any atom is 0.128 e. The lowest BCUT2D eigenvalue weighted by molar-refractivity contribution is -0.723. The first kappa shape index (κ1) is 37.8. The summed E-state index contributed by atoms with van der Waals surface area (Å²) in [7, 11) is 0. The van der Waals surface area contributed by atoms with Crippen molar-refractivity contribution in [1.82, 2.24) is 0 Å². The molecule has 2 aromatic carbocycles. The molecule has 0 amide bonds. The summed E-state index contributed by atoms with van der Waals surface area (Å²) in [6.07, 6.45) is -1.21. The third-order valence-electron chi connectivity index (χ3n) is 4.88. The van der Waals surface area contributed by atoms with Crippen LogP contribution in [0.5, 0.6) is 0 Å². The van der Waals surface area contributed by atoms with Crippen molar-refractivity contribution in [2.24, 2.45) is 0 Å². The molecule has 2 aromatic rings. The molecule has 0 spiro atoms. The molecule has 0 radical (unpaired) electrons. The van der Waals surface area contributed by atoms with E-state index >= 15 is 0 Å². The maximum atomic E-state index is 10.0. The number of nitrogen functional groups attached to an aromatic ring is 2. The summed E-state index contributed by atoms with van der Waals surface area (Å²) in [6.45, 7) is 13.6. The minimum atomic E-state index is -0.607. The molecule has 0 bridgehead atoms. The van der Waals surface area contributed by atoms with Crippen molar-refractivity contribution in [1.29, 1.82) is 0 Å². The monoisotopic (exact) mass is 624 g/mol. The molecule has 10 N–H and O–H groups in total. The second kappa shape index (κ2) is 15.9. The molecule has 12 heteroatoms. The zero-order valence-electron chi connectivity index (χ0n) is 21.3. The molecule has 2 atom stereocenters. The number of hydrogen-bond acceptors (Lipinski definition) is 4. The van der Waals surface area contributed by atoms with Crippen LogP contribution in [0.2, 0.25) is 20.1 Å². The Morgan fingerprint density at radius 2 is 0.861 bits per heavy atom. The summed E-state index contributed by atoms with van der Waals surface area (Å²) in [6, 6.07) is 6.63. The Hall–Kier alpha value is -0.380. The average molecular weight is 627 g/mol. The summed E-state index contributed by atoms with van der Waals surface area (Å²) >= 11 is 23.7. The first-order chi connectivity index (χ1) is 15.4. The van der Waals surface area contributed by atoms with E-state index in [1.807, 2.05) is 0 Å². The van der Waals surface area contributed by atoms with Crippen LogP contribution in [0.3, 0.4) is 0 Å². The number of hydrogen-bond donors (Lipinski definition) is 6. The van der Waals surface area contributed by atoms with Crippen LogP contribution in [0.1, 0.15) is 64.9 Å². The number of halogens is 6. The van der Waals surface area contributed by atoms with Crippen LogP contribution in [0.4, 0.5) is 11.4 Å². The van der Waals surface area contributed by atoms with Crippen molar-refractivity contribution < 1.29 is 45.7 Å². The van der Waals surface area contributed by atoms with Crippen molar-refractivity contribution in [2.75, 3.05) is 24.6 Å². The fraction of sp³-hybridized carbons (Fsp3) is 0.500. The van der Waals surface area contributed by atoms with Gasteiger partial charge < -0.3 is 57.1 Å². The van der Waals surface area contributed by atoms with Gasteiger partial charge in [-0.25, -0.2) is 0 Å². The minimum Gasteiger partial charge on any atom is -1.00 e. The molecule has 0 aliphatic heterocycles. The normalized spacial score (nSPS) is 13.0. The summed E-state index contributed by atoms with van der Waals surface area (Å²) in [4.78, 5) is 0. The average Bonchev–Trinajstić information content (AvgIpc) is 2.71. The van der Waals surface area contributed by atoms with Crippen LogP contribution < -0.4 is 46.9 Å². The summed E-state index contributed by atoms with van der Waals surface area (Å²) < 4.78 is 0. The lowest BCUT2D eigenvalue weighted by atomic mass is 10.1. The van der Waals surface area contributed by atoms with Gasteiger partial charge in [0.2, 0.25) is 0 Å². The lowest BCUT2D eigenvalue weighted by Gasteiger charge is -2.20. The third kappa shape index (κ3) is 13.4. The van der Waals surface area contributed by atoms with Gasteiger partial charge in [0.25, 0.3) is 0 Å². The van der Waals surface area contributed by atoms with Crippen molar-refractivity contribution >= 4 is 57.8 Å². The molecule has 0 aliphatic rings. The molecule has 0 fully saturated rings. The number of anilines is 2. The van der Waals surface area contributed by atoms with Gasteiger partial charge in [-0.1, -0.05) is 46.4 Å². The second-order valence-electron chi connectivity index (χ2n) is 10.4. The van der Waals surface area contributed by atoms with E-state index in [0.29, 0.717) is 55.7 Å². The van der Waals surface area contributed by atoms with E-state index in [0.717, 1.165) is 0 Å². The van der Waals surface area contributed by atoms with E-state index < -0.39 is 12.2 Å². The Morgan fingerprint density at radius 3 is 1.06 bits per heavy atom. The van der Waals surface area contributed by atoms with Crippen LogP contribution in [0.15, 0.2) is 24.3 Å². The molecule has 0 unspecified atom stereocenters. The van der Waals surface area contributed by atoms with E-state index in [4.69, 9.17) is 57.9 Å². The standard InChI is InChI=1S/2C12H18Cl2N2O.2ClH/c2*1-12(2,3)16-6-10(17)7-4-8(13)11(15)9(14)5-7;;/h2*4-5,10,16-17H,6,15H2,1-3H3;2*1H/t2*10-;;/m00../s1. The number of benzene rings is 2. The van der Waals surface area contributed by atoms with E-state index in [2.05, 4.69) is 52.2 Å². The Labute approximate surface area is 247 Å². The molecule has 6 nitrogen and oxygen atoms in total. The van der Waals surface area contributed by atoms with Crippen LogP contribution in [-0.2, 0) is 0 Å². The van der Waals surface area contributed by atoms with Gasteiger partial charge in [-0.2, -0.15) is 0 Å². The van der Waals surface area contributed by atoms with Gasteiger partial charge in [-0.15, -0.1) is 0 Å². The summed E-state index contributed by atoms with van der Waals surface area (Å²) in [5.41, 5.74) is 13.5. The first-order valence-electron chi connectivity index (χ1n) is 10.9. The number of rotatable bonds is 6. The molecule has 0 heterocycles. The highest BCUT2D eigenvalue weighted by Gasteiger charge is 2.20. The quantitative estimate of drug-likeness (QED) is 0.207. The van der Waals surface area contributed by atoms with Crippen molar-refractivity contribution in [2.45, 2.75) is 64.8 Å². The number of nitrogens with two attached hydrogens (primary N) is 4. The molecule has 0 aromatic heterocycles. The van der Waals surface area contributed by atoms with E-state index in [1.165, 1.54) is 0 Å². The SMILES string of the molecule is CC(C)(C)[NH2+]C[C@H](O)c1cc(Cl)c(N)c(Cl)c1.CC(C)(C)[NH2+]C[C@H](O)c1cc(Cl)c(N)c(Cl)c1.[Cl-].[Cl-]. The van der Waals surface area contributed by atoms with Crippen LogP contribution in [0.25, 0.3) is 0 Å². The van der Waals surface area contributed by atoms with Gasteiger partial charge in [0.1, 0.15) is 25.3 Å². The van der Waals surface area contributed by atoms with Gasteiger partial charge in [-0.05, 0) is 76.9 Å². The highest BCUT2D eigenvalue weighted by atomic mass is 35.5. The van der Waals surface area contributed by atoms with Crippen LogP contribution >= 0.6 is 46.4 Å². The topological polar surface area (TPSA) is 126 Å². The molecule has 0 saturated carbocycles. The Balaban J connectivity index is 0. The summed E-state index contributed by atoms with van der Waals surface area (Å²) in [5.74, 6) is 0. The smallest absolute Gasteiger partial charge is 0.128 e. The molecular formula is C24H38Cl6N4O2. The Morgan fingerprint density at radius 1 is 0.639 bits per heavy atom. The number of quaternary nitrogens is 2. The maximum absolute atomic E-state index is 10.0. The van der Waals surface area contributed by atoms with Crippen LogP contribution in [0, 0.1) is 0 Å². The van der Waals surface area contributed by atoms with E-state index in [9.17, 15) is 10.2 Å². The predicted molar refractivity (Wildman–Crippen MR) is 145 cm³/mol. The molecular weight excluding hydrogens is 589 g/mol. The Kier molecular flexibility index (Phi) is 16.7. The first-order valence-corrected chi connectivity index (χ1v) is 12.5. The van der Waals surface area contributed by atoms with Crippen molar-refractivity contribution in [3.05, 3.63) is 55.5 Å². The number of aliphatic hydroxyl groups excluding tert-OH is 2. The van der Waals surface area contributed by atoms with Gasteiger partial charge in [0, 0.05) is 0 Å². The largest absolute Gasteiger partial charge is 1.00 e. The number of aliphatic hydroxyl groups is 2. The fourth-order valence-electron chi connectivity index (χ4n) is 2.80. The van der Waals surface area contributed by atoms with Crippen LogP contribution in [-0.4, -0.2) is 34.4 Å². The van der Waals surface area contributed by atoms with E-state index in [1.54, 1.807) is 24.3 Å². The van der Waals surface area contributed by atoms with Gasteiger partial charge in [0.05, 0.1) is 42.5 Å². The highest BCUT2D eigenvalue weighted by molar-refractivity contribution is 6.39. The predicted octanol–water partition coefficient (Wildman–Crippen LogP) is -2.05. The van der Waals surface area contributed by atoms with Gasteiger partial charge >= 0.3 is 0 Å². The molecule has 208 valence electrons. The minimum absolute atomic E-state index is 0. The lowest BCUT2D eigenvalue weighted by Crippen LogP contribution is -3.00. The van der Waals surface area contributed by atoms with Gasteiger partial charge in [0.15, 0.2) is 0 Å². The van der Waals surface area contributed by atoms with Crippen molar-refractivity contribution in [3.8, 4) is 0 Å². The zero-order chi connectivity index (χ0) is 26.4. The second-order valence-corrected chi connectivity index (χ2v) is 12.1. The zero-order valence-corrected chi connectivity index (χ0v) is 25.9. The fourth-order valence-corrected chi connectivity index (χ4v) is 3.80. The molecule has 0 saturated heterocycles. The van der Waals surface area contributed by atoms with Gasteiger partial charge in [-0.3, -0.25) is 0 Å². The summed E-state index contributed by atoms with van der Waals surface area (Å²) in [5, 5.41) is 25.7. The van der Waals surface area contributed by atoms with E-state index in [-0.39, 0.29) is 35.9 Å². The van der Waals surface area contributed by atoms with Crippen molar-refractivity contribution in [3.63, 3.8) is 0 Å².